The lowest BCUT2D eigenvalue weighted by atomic mass is 10.1. The maximum absolute atomic E-state index is 11.8. The molecule has 1 amide bonds. The highest BCUT2D eigenvalue weighted by Crippen LogP contribution is 2.33. The molecule has 0 radical (unpaired) electrons. The van der Waals surface area contributed by atoms with E-state index in [0.717, 1.165) is 88.0 Å². The van der Waals surface area contributed by atoms with Crippen molar-refractivity contribution in [3.63, 3.8) is 0 Å². The minimum Gasteiger partial charge on any atom is -0.454 e. The number of nitrogens with zero attached hydrogens (tertiary/aromatic N) is 6. The number of carbonyl (C=O) groups excluding carboxylic acids is 1. The second-order valence-corrected chi connectivity index (χ2v) is 9.19. The van der Waals surface area contributed by atoms with Crippen LogP contribution in [-0.4, -0.2) is 88.2 Å². The summed E-state index contributed by atoms with van der Waals surface area (Å²) in [5.74, 6) is 3.37. The number of fused-ring (bicyclic) bond motifs is 2. The van der Waals surface area contributed by atoms with Gasteiger partial charge >= 0.3 is 0 Å². The molecule has 3 aliphatic heterocycles. The molecule has 0 spiro atoms. The Morgan fingerprint density at radius 1 is 1.06 bits per heavy atom. The summed E-state index contributed by atoms with van der Waals surface area (Å²) in [6, 6.07) is 6.16. The van der Waals surface area contributed by atoms with Gasteiger partial charge in [-0.1, -0.05) is 6.07 Å². The molecule has 3 aromatic rings. The number of hydrogen-bond donors (Lipinski definition) is 2. The fraction of sp³-hybridized carbons (Fsp3) is 0.500. The quantitative estimate of drug-likeness (QED) is 0.468. The minimum absolute atomic E-state index is 0.267. The number of nitrogens with one attached hydrogen (secondary N) is 2. The van der Waals surface area contributed by atoms with Gasteiger partial charge in [-0.05, 0) is 30.5 Å². The molecule has 0 saturated carbocycles. The van der Waals surface area contributed by atoms with Crippen molar-refractivity contribution in [2.24, 2.45) is 0 Å². The monoisotopic (exact) mass is 478 g/mol. The summed E-state index contributed by atoms with van der Waals surface area (Å²) in [6.45, 7) is 7.09. The van der Waals surface area contributed by atoms with Crippen LogP contribution in [0.1, 0.15) is 24.8 Å². The number of anilines is 2. The molecular formula is C24H30N8O3. The predicted octanol–water partition coefficient (Wildman–Crippen LogP) is 1.83. The molecule has 11 nitrogen and oxygen atoms in total. The number of imidazole rings is 1. The third-order valence-corrected chi connectivity index (χ3v) is 6.84. The van der Waals surface area contributed by atoms with Crippen molar-refractivity contribution in [1.82, 2.24) is 29.7 Å². The SMILES string of the molecule is O=C1CCCN1CCCNc1nc(N2CCN(Cc3ccc4c(c3)OCO4)CC2)nc2nc[nH]c12. The van der Waals surface area contributed by atoms with Crippen molar-refractivity contribution < 1.29 is 14.3 Å². The summed E-state index contributed by atoms with van der Waals surface area (Å²) >= 11 is 0. The Hall–Kier alpha value is -3.60. The van der Waals surface area contributed by atoms with Crippen LogP contribution in [-0.2, 0) is 11.3 Å². The fourth-order valence-electron chi connectivity index (χ4n) is 4.91. The van der Waals surface area contributed by atoms with Gasteiger partial charge < -0.3 is 29.6 Å². The highest BCUT2D eigenvalue weighted by atomic mass is 16.7. The van der Waals surface area contributed by atoms with Crippen LogP contribution in [0, 0.1) is 0 Å². The smallest absolute Gasteiger partial charge is 0.231 e. The number of benzene rings is 1. The van der Waals surface area contributed by atoms with Gasteiger partial charge in [-0.3, -0.25) is 9.69 Å². The van der Waals surface area contributed by atoms with Crippen LogP contribution in [0.2, 0.25) is 0 Å². The molecule has 2 fully saturated rings. The zero-order valence-corrected chi connectivity index (χ0v) is 19.7. The van der Waals surface area contributed by atoms with Gasteiger partial charge in [0.05, 0.1) is 6.33 Å². The Labute approximate surface area is 203 Å². The van der Waals surface area contributed by atoms with Gasteiger partial charge in [0.15, 0.2) is 23.0 Å². The van der Waals surface area contributed by atoms with E-state index < -0.39 is 0 Å². The highest BCUT2D eigenvalue weighted by Gasteiger charge is 2.23. The molecule has 35 heavy (non-hydrogen) atoms. The maximum atomic E-state index is 11.8. The molecular weight excluding hydrogens is 448 g/mol. The van der Waals surface area contributed by atoms with Crippen LogP contribution in [0.5, 0.6) is 11.5 Å². The van der Waals surface area contributed by atoms with E-state index in [9.17, 15) is 4.79 Å². The first-order chi connectivity index (χ1) is 17.2. The van der Waals surface area contributed by atoms with Crippen LogP contribution < -0.4 is 19.7 Å². The molecule has 0 atom stereocenters. The summed E-state index contributed by atoms with van der Waals surface area (Å²) in [5.41, 5.74) is 2.70. The van der Waals surface area contributed by atoms with Crippen molar-refractivity contribution in [2.75, 3.05) is 62.8 Å². The molecule has 0 aliphatic carbocycles. The number of H-pyrrole nitrogens is 1. The molecule has 2 saturated heterocycles. The zero-order valence-electron chi connectivity index (χ0n) is 19.7. The summed E-state index contributed by atoms with van der Waals surface area (Å²) in [6.07, 6.45) is 4.18. The molecule has 6 rings (SSSR count). The van der Waals surface area contributed by atoms with Gasteiger partial charge in [-0.2, -0.15) is 9.97 Å². The van der Waals surface area contributed by atoms with E-state index in [4.69, 9.17) is 19.4 Å². The van der Waals surface area contributed by atoms with E-state index in [0.29, 0.717) is 24.8 Å². The van der Waals surface area contributed by atoms with Crippen molar-refractivity contribution in [3.8, 4) is 11.5 Å². The fourth-order valence-corrected chi connectivity index (χ4v) is 4.91. The summed E-state index contributed by atoms with van der Waals surface area (Å²) in [7, 11) is 0. The number of amides is 1. The van der Waals surface area contributed by atoms with Crippen LogP contribution >= 0.6 is 0 Å². The van der Waals surface area contributed by atoms with Gasteiger partial charge in [-0.15, -0.1) is 0 Å². The standard InChI is InChI=1S/C24H30N8O3/c33-20-3-1-7-31(20)8-2-6-25-22-21-23(27-15-26-21)29-24(28-22)32-11-9-30(10-12-32)14-17-4-5-18-19(13-17)35-16-34-18/h4-5,13,15H,1-3,6-12,14,16H2,(H2,25,26,27,28,29). The largest absolute Gasteiger partial charge is 0.454 e. The Morgan fingerprint density at radius 3 is 2.80 bits per heavy atom. The number of likely N-dealkylation sites (tertiary alicyclic amines) is 1. The number of ether oxygens (including phenoxy) is 2. The topological polar surface area (TPSA) is 112 Å². The third kappa shape index (κ3) is 4.68. The van der Waals surface area contributed by atoms with Gasteiger partial charge in [0.2, 0.25) is 18.6 Å². The van der Waals surface area contributed by atoms with Gasteiger partial charge in [-0.25, -0.2) is 4.98 Å². The van der Waals surface area contributed by atoms with Crippen LogP contribution in [0.4, 0.5) is 11.8 Å². The number of aromatic nitrogens is 4. The molecule has 2 aromatic heterocycles. The van der Waals surface area contributed by atoms with E-state index in [-0.39, 0.29) is 5.91 Å². The lowest BCUT2D eigenvalue weighted by Gasteiger charge is -2.34. The average molecular weight is 479 g/mol. The second kappa shape index (κ2) is 9.57. The van der Waals surface area contributed by atoms with Gasteiger partial charge in [0.1, 0.15) is 5.52 Å². The Balaban J connectivity index is 1.06. The summed E-state index contributed by atoms with van der Waals surface area (Å²) in [4.78, 5) is 35.5. The lowest BCUT2D eigenvalue weighted by molar-refractivity contribution is -0.127. The lowest BCUT2D eigenvalue weighted by Crippen LogP contribution is -2.46. The maximum Gasteiger partial charge on any atom is 0.231 e. The highest BCUT2D eigenvalue weighted by molar-refractivity contribution is 5.83. The second-order valence-electron chi connectivity index (χ2n) is 9.19. The molecule has 1 aromatic carbocycles. The van der Waals surface area contributed by atoms with E-state index in [2.05, 4.69) is 37.2 Å². The number of hydrogen-bond acceptors (Lipinski definition) is 9. The van der Waals surface area contributed by atoms with Crippen LogP contribution in [0.25, 0.3) is 11.2 Å². The van der Waals surface area contributed by atoms with Crippen molar-refractivity contribution >= 4 is 28.8 Å². The normalized spacial score (nSPS) is 18.1. The molecule has 2 N–H and O–H groups in total. The summed E-state index contributed by atoms with van der Waals surface area (Å²) in [5, 5.41) is 3.43. The number of aromatic amines is 1. The number of rotatable bonds is 8. The van der Waals surface area contributed by atoms with Crippen molar-refractivity contribution in [2.45, 2.75) is 25.8 Å². The van der Waals surface area contributed by atoms with E-state index in [1.165, 1.54) is 5.56 Å². The third-order valence-electron chi connectivity index (χ3n) is 6.84. The molecule has 11 heteroatoms. The Morgan fingerprint density at radius 2 is 1.94 bits per heavy atom. The first-order valence-corrected chi connectivity index (χ1v) is 12.3. The zero-order chi connectivity index (χ0) is 23.6. The Kier molecular flexibility index (Phi) is 5.99. The molecule has 0 bridgehead atoms. The van der Waals surface area contributed by atoms with Crippen molar-refractivity contribution in [3.05, 3.63) is 30.1 Å². The average Bonchev–Trinajstić information content (AvgIpc) is 3.63. The molecule has 0 unspecified atom stereocenters. The molecule has 3 aliphatic rings. The van der Waals surface area contributed by atoms with E-state index in [1.54, 1.807) is 6.33 Å². The molecule has 5 heterocycles. The number of carbonyl (C=O) groups is 1. The van der Waals surface area contributed by atoms with Gasteiger partial charge in [0, 0.05) is 58.8 Å². The van der Waals surface area contributed by atoms with Crippen molar-refractivity contribution in [1.29, 1.82) is 0 Å². The summed E-state index contributed by atoms with van der Waals surface area (Å²) < 4.78 is 10.9. The van der Waals surface area contributed by atoms with Gasteiger partial charge in [0.25, 0.3) is 0 Å². The van der Waals surface area contributed by atoms with E-state index >= 15 is 0 Å². The Bertz CT molecular complexity index is 1210. The van der Waals surface area contributed by atoms with Crippen LogP contribution in [0.15, 0.2) is 24.5 Å². The van der Waals surface area contributed by atoms with Crippen LogP contribution in [0.3, 0.4) is 0 Å². The van der Waals surface area contributed by atoms with E-state index in [1.807, 2.05) is 11.0 Å². The first-order valence-electron chi connectivity index (χ1n) is 12.3. The number of piperazine rings is 1. The predicted molar refractivity (Wildman–Crippen MR) is 131 cm³/mol. The molecule has 184 valence electrons. The first kappa shape index (κ1) is 21.9. The minimum atomic E-state index is 0.267.